The van der Waals surface area contributed by atoms with E-state index >= 15 is 0 Å². The van der Waals surface area contributed by atoms with E-state index in [1.165, 1.54) is 42.5 Å². The summed E-state index contributed by atoms with van der Waals surface area (Å²) >= 11 is 0. The Morgan fingerprint density at radius 1 is 1.00 bits per heavy atom. The van der Waals surface area contributed by atoms with Crippen molar-refractivity contribution in [3.63, 3.8) is 0 Å². The molecule has 0 aliphatic rings. The number of rotatable bonds is 3. The Balaban J connectivity index is 2.23. The van der Waals surface area contributed by atoms with Gasteiger partial charge in [0.05, 0.1) is 17.0 Å². The zero-order valence-corrected chi connectivity index (χ0v) is 11.1. The summed E-state index contributed by atoms with van der Waals surface area (Å²) in [6.45, 7) is 1.62. The van der Waals surface area contributed by atoms with Crippen LogP contribution in [0.4, 0.5) is 23.2 Å². The maximum atomic E-state index is 12.8. The molecule has 21 heavy (non-hydrogen) atoms. The molecule has 0 radical (unpaired) electrons. The molecule has 1 N–H and O–H groups in total. The second-order valence-electron chi connectivity index (χ2n) is 4.36. The van der Waals surface area contributed by atoms with Gasteiger partial charge in [0.1, 0.15) is 5.82 Å². The number of halogens is 4. The van der Waals surface area contributed by atoms with Crippen molar-refractivity contribution in [2.75, 3.05) is 5.43 Å². The molecule has 2 rings (SSSR count). The van der Waals surface area contributed by atoms with Crippen LogP contribution in [0.1, 0.15) is 18.1 Å². The van der Waals surface area contributed by atoms with Crippen LogP contribution in [0.5, 0.6) is 0 Å². The summed E-state index contributed by atoms with van der Waals surface area (Å²) in [5.41, 5.74) is 2.55. The van der Waals surface area contributed by atoms with E-state index in [1.54, 1.807) is 6.92 Å². The van der Waals surface area contributed by atoms with Crippen LogP contribution in [-0.4, -0.2) is 5.71 Å². The standard InChI is InChI=1S/C15H12F4N2/c1-10(11-6-8-12(16)9-7-11)20-21-14-5-3-2-4-13(14)15(17,18)19/h2-9,21H,1H3/b20-10-. The van der Waals surface area contributed by atoms with E-state index in [1.807, 2.05) is 0 Å². The van der Waals surface area contributed by atoms with Gasteiger partial charge in [0.25, 0.3) is 0 Å². The van der Waals surface area contributed by atoms with Gasteiger partial charge in [0.2, 0.25) is 0 Å². The lowest BCUT2D eigenvalue weighted by Gasteiger charge is -2.12. The summed E-state index contributed by atoms with van der Waals surface area (Å²) in [6, 6.07) is 10.6. The number of hydrazone groups is 1. The van der Waals surface area contributed by atoms with Gasteiger partial charge in [0, 0.05) is 0 Å². The van der Waals surface area contributed by atoms with Crippen molar-refractivity contribution < 1.29 is 17.6 Å². The number of para-hydroxylation sites is 1. The molecule has 0 saturated carbocycles. The third kappa shape index (κ3) is 3.81. The van der Waals surface area contributed by atoms with Gasteiger partial charge in [-0.15, -0.1) is 0 Å². The number of nitrogens with zero attached hydrogens (tertiary/aromatic N) is 1. The van der Waals surface area contributed by atoms with E-state index in [4.69, 9.17) is 0 Å². The molecule has 2 nitrogen and oxygen atoms in total. The highest BCUT2D eigenvalue weighted by Gasteiger charge is 2.33. The molecule has 0 spiro atoms. The van der Waals surface area contributed by atoms with Crippen molar-refractivity contribution in [1.82, 2.24) is 0 Å². The predicted molar refractivity (Wildman–Crippen MR) is 73.7 cm³/mol. The van der Waals surface area contributed by atoms with Crippen molar-refractivity contribution in [3.8, 4) is 0 Å². The van der Waals surface area contributed by atoms with Crippen molar-refractivity contribution in [2.24, 2.45) is 5.10 Å². The Morgan fingerprint density at radius 3 is 2.24 bits per heavy atom. The van der Waals surface area contributed by atoms with E-state index in [0.29, 0.717) is 11.3 Å². The minimum Gasteiger partial charge on any atom is -0.278 e. The Bertz CT molecular complexity index is 645. The summed E-state index contributed by atoms with van der Waals surface area (Å²) in [7, 11) is 0. The summed E-state index contributed by atoms with van der Waals surface area (Å²) in [5.74, 6) is -0.387. The molecule has 0 unspecified atom stereocenters. The van der Waals surface area contributed by atoms with Crippen LogP contribution >= 0.6 is 0 Å². The molecule has 0 amide bonds. The Kier molecular flexibility index (Phi) is 4.26. The topological polar surface area (TPSA) is 24.4 Å². The predicted octanol–water partition coefficient (Wildman–Crippen LogP) is 4.68. The normalized spacial score (nSPS) is 12.3. The summed E-state index contributed by atoms with van der Waals surface area (Å²) in [4.78, 5) is 0. The lowest BCUT2D eigenvalue weighted by atomic mass is 10.1. The number of hydrogen-bond acceptors (Lipinski definition) is 2. The van der Waals surface area contributed by atoms with Crippen molar-refractivity contribution in [3.05, 3.63) is 65.5 Å². The highest BCUT2D eigenvalue weighted by atomic mass is 19.4. The first-order valence-electron chi connectivity index (χ1n) is 6.10. The fraction of sp³-hybridized carbons (Fsp3) is 0.133. The molecule has 6 heteroatoms. The molecule has 0 fully saturated rings. The van der Waals surface area contributed by atoms with Gasteiger partial charge in [-0.1, -0.05) is 24.3 Å². The van der Waals surface area contributed by atoms with E-state index < -0.39 is 11.7 Å². The van der Waals surface area contributed by atoms with Gasteiger partial charge < -0.3 is 0 Å². The van der Waals surface area contributed by atoms with Gasteiger partial charge in [-0.2, -0.15) is 18.3 Å². The molecule has 110 valence electrons. The van der Waals surface area contributed by atoms with Gasteiger partial charge in [-0.3, -0.25) is 5.43 Å². The van der Waals surface area contributed by atoms with Gasteiger partial charge in [-0.25, -0.2) is 4.39 Å². The minimum absolute atomic E-state index is 0.133. The third-order valence-corrected chi connectivity index (χ3v) is 2.84. The molecular formula is C15H12F4N2. The second-order valence-corrected chi connectivity index (χ2v) is 4.36. The summed E-state index contributed by atoms with van der Waals surface area (Å²) < 4.78 is 51.2. The molecule has 0 atom stereocenters. The summed E-state index contributed by atoms with van der Waals surface area (Å²) in [5, 5.41) is 3.91. The Morgan fingerprint density at radius 2 is 1.62 bits per heavy atom. The van der Waals surface area contributed by atoms with Gasteiger partial charge >= 0.3 is 6.18 Å². The first kappa shape index (κ1) is 15.0. The molecular weight excluding hydrogens is 284 g/mol. The smallest absolute Gasteiger partial charge is 0.278 e. The average Bonchev–Trinajstić information content (AvgIpc) is 2.45. The van der Waals surface area contributed by atoms with Crippen molar-refractivity contribution in [2.45, 2.75) is 13.1 Å². The second kappa shape index (κ2) is 5.95. The van der Waals surface area contributed by atoms with Gasteiger partial charge in [-0.05, 0) is 36.8 Å². The van der Waals surface area contributed by atoms with E-state index in [-0.39, 0.29) is 11.5 Å². The molecule has 0 aliphatic carbocycles. The van der Waals surface area contributed by atoms with Crippen LogP contribution in [0.25, 0.3) is 0 Å². The largest absolute Gasteiger partial charge is 0.418 e. The van der Waals surface area contributed by atoms with E-state index in [9.17, 15) is 17.6 Å². The number of anilines is 1. The maximum absolute atomic E-state index is 12.8. The fourth-order valence-corrected chi connectivity index (χ4v) is 1.73. The molecule has 0 aromatic heterocycles. The molecule has 2 aromatic carbocycles. The third-order valence-electron chi connectivity index (χ3n) is 2.84. The maximum Gasteiger partial charge on any atom is 0.418 e. The number of benzene rings is 2. The van der Waals surface area contributed by atoms with E-state index in [2.05, 4.69) is 10.5 Å². The zero-order chi connectivity index (χ0) is 15.5. The van der Waals surface area contributed by atoms with Crippen LogP contribution < -0.4 is 5.43 Å². The van der Waals surface area contributed by atoms with Crippen LogP contribution in [-0.2, 0) is 6.18 Å². The highest BCUT2D eigenvalue weighted by molar-refractivity contribution is 5.99. The fourth-order valence-electron chi connectivity index (χ4n) is 1.73. The lowest BCUT2D eigenvalue weighted by Crippen LogP contribution is -2.09. The Hall–Kier alpha value is -2.37. The molecule has 0 aliphatic heterocycles. The number of nitrogens with one attached hydrogen (secondary N) is 1. The minimum atomic E-state index is -4.46. The quantitative estimate of drug-likeness (QED) is 0.496. The van der Waals surface area contributed by atoms with Gasteiger partial charge in [0.15, 0.2) is 0 Å². The first-order valence-corrected chi connectivity index (χ1v) is 6.10. The van der Waals surface area contributed by atoms with Crippen LogP contribution in [0.15, 0.2) is 53.6 Å². The lowest BCUT2D eigenvalue weighted by molar-refractivity contribution is -0.136. The van der Waals surface area contributed by atoms with Crippen LogP contribution in [0, 0.1) is 5.82 Å². The van der Waals surface area contributed by atoms with Crippen molar-refractivity contribution in [1.29, 1.82) is 0 Å². The Labute approximate surface area is 119 Å². The molecule has 0 bridgehead atoms. The monoisotopic (exact) mass is 296 g/mol. The molecule has 2 aromatic rings. The van der Waals surface area contributed by atoms with Crippen LogP contribution in [0.2, 0.25) is 0 Å². The van der Waals surface area contributed by atoms with Crippen LogP contribution in [0.3, 0.4) is 0 Å². The van der Waals surface area contributed by atoms with E-state index in [0.717, 1.165) is 6.07 Å². The number of alkyl halides is 3. The zero-order valence-electron chi connectivity index (χ0n) is 11.1. The first-order chi connectivity index (χ1) is 9.88. The number of hydrogen-bond donors (Lipinski definition) is 1. The highest BCUT2D eigenvalue weighted by Crippen LogP contribution is 2.34. The molecule has 0 saturated heterocycles. The average molecular weight is 296 g/mol. The van der Waals surface area contributed by atoms with Crippen molar-refractivity contribution >= 4 is 11.4 Å². The molecule has 0 heterocycles. The summed E-state index contributed by atoms with van der Waals surface area (Å²) in [6.07, 6.45) is -4.46. The SMILES string of the molecule is C/C(=N/Nc1ccccc1C(F)(F)F)c1ccc(F)cc1.